The summed E-state index contributed by atoms with van der Waals surface area (Å²) in [6.45, 7) is 36.6. The second-order valence-electron chi connectivity index (χ2n) is 11.3. The number of hydrogen-bond donors (Lipinski definition) is 0. The fourth-order valence-electron chi connectivity index (χ4n) is 4.17. The highest BCUT2D eigenvalue weighted by molar-refractivity contribution is 5.47. The van der Waals surface area contributed by atoms with Crippen LogP contribution in [0.4, 0.5) is 0 Å². The lowest BCUT2D eigenvalue weighted by Gasteiger charge is -2.36. The quantitative estimate of drug-likeness (QED) is 0.437. The predicted molar refractivity (Wildman–Crippen MR) is 137 cm³/mol. The van der Waals surface area contributed by atoms with Crippen LogP contribution in [0.5, 0.6) is 0 Å². The second kappa shape index (κ2) is 13.5. The standard InChI is InChI=1S/C23H40.C4H10.C2H6/c1-14(2)18-12-13-19(23(9,10)11)21(16(5)6)22(17(7)8)20(18)15(3)4;1-4(2)3;1-2/h12-17,22H,1-11H3;4H,1-3H3;1-2H3. The number of allylic oxidation sites excluding steroid dienone is 6. The van der Waals surface area contributed by atoms with E-state index in [1.54, 1.807) is 22.3 Å². The van der Waals surface area contributed by atoms with Crippen LogP contribution in [0, 0.1) is 40.9 Å². The normalized spacial score (nSPS) is 17.8. The molecule has 0 heterocycles. The van der Waals surface area contributed by atoms with Gasteiger partial charge in [-0.3, -0.25) is 0 Å². The number of rotatable bonds is 4. The van der Waals surface area contributed by atoms with Gasteiger partial charge in [0.2, 0.25) is 0 Å². The van der Waals surface area contributed by atoms with Crippen molar-refractivity contribution in [1.82, 2.24) is 0 Å². The molecule has 0 heteroatoms. The Labute approximate surface area is 186 Å². The Balaban J connectivity index is 0. The van der Waals surface area contributed by atoms with Crippen LogP contribution < -0.4 is 0 Å². The fourth-order valence-corrected chi connectivity index (χ4v) is 4.17. The first-order valence-corrected chi connectivity index (χ1v) is 12.3. The molecule has 0 fully saturated rings. The van der Waals surface area contributed by atoms with Gasteiger partial charge in [-0.1, -0.05) is 134 Å². The minimum Gasteiger partial charge on any atom is -0.0683 e. The lowest BCUT2D eigenvalue weighted by atomic mass is 9.68. The molecule has 0 aromatic carbocycles. The first-order chi connectivity index (χ1) is 13.1. The van der Waals surface area contributed by atoms with Gasteiger partial charge in [-0.25, -0.2) is 0 Å². The molecule has 0 aromatic heterocycles. The van der Waals surface area contributed by atoms with Crippen molar-refractivity contribution in [3.63, 3.8) is 0 Å². The van der Waals surface area contributed by atoms with E-state index in [9.17, 15) is 0 Å². The Morgan fingerprint density at radius 2 is 1.00 bits per heavy atom. The molecular weight excluding hydrogens is 348 g/mol. The van der Waals surface area contributed by atoms with E-state index in [2.05, 4.69) is 109 Å². The topological polar surface area (TPSA) is 0 Å². The summed E-state index contributed by atoms with van der Waals surface area (Å²) in [6.07, 6.45) is 4.88. The Bertz CT molecular complexity index is 536. The van der Waals surface area contributed by atoms with E-state index in [1.807, 2.05) is 13.8 Å². The maximum Gasteiger partial charge on any atom is 0.00471 e. The van der Waals surface area contributed by atoms with E-state index in [0.29, 0.717) is 29.6 Å². The van der Waals surface area contributed by atoms with Crippen molar-refractivity contribution in [1.29, 1.82) is 0 Å². The third-order valence-corrected chi connectivity index (χ3v) is 5.08. The smallest absolute Gasteiger partial charge is 0.00471 e. The van der Waals surface area contributed by atoms with Crippen LogP contribution in [0.2, 0.25) is 0 Å². The molecule has 1 rings (SSSR count). The molecule has 0 saturated heterocycles. The van der Waals surface area contributed by atoms with E-state index in [1.165, 1.54) is 0 Å². The average molecular weight is 405 g/mol. The van der Waals surface area contributed by atoms with Gasteiger partial charge in [0.15, 0.2) is 0 Å². The summed E-state index contributed by atoms with van der Waals surface area (Å²) in [5.74, 6) is 3.80. The molecule has 0 saturated carbocycles. The van der Waals surface area contributed by atoms with Gasteiger partial charge in [-0.2, -0.15) is 0 Å². The molecule has 1 aliphatic carbocycles. The van der Waals surface area contributed by atoms with Crippen molar-refractivity contribution in [3.05, 3.63) is 34.4 Å². The molecule has 29 heavy (non-hydrogen) atoms. The van der Waals surface area contributed by atoms with E-state index in [4.69, 9.17) is 0 Å². The molecule has 0 N–H and O–H groups in total. The average Bonchev–Trinajstić information content (AvgIpc) is 2.73. The maximum absolute atomic E-state index is 2.44. The lowest BCUT2D eigenvalue weighted by Crippen LogP contribution is -2.25. The first-order valence-electron chi connectivity index (χ1n) is 12.3. The highest BCUT2D eigenvalue weighted by Gasteiger charge is 2.34. The Hall–Kier alpha value is -0.780. The molecule has 0 aromatic rings. The molecule has 172 valence electrons. The van der Waals surface area contributed by atoms with Crippen LogP contribution in [0.3, 0.4) is 0 Å². The molecule has 1 aliphatic rings. The molecule has 0 nitrogen and oxygen atoms in total. The van der Waals surface area contributed by atoms with Crippen LogP contribution in [0.15, 0.2) is 34.4 Å². The predicted octanol–water partition coefficient (Wildman–Crippen LogP) is 10.1. The van der Waals surface area contributed by atoms with Crippen molar-refractivity contribution >= 4 is 0 Å². The van der Waals surface area contributed by atoms with E-state index < -0.39 is 0 Å². The van der Waals surface area contributed by atoms with Crippen molar-refractivity contribution in [2.45, 2.75) is 111 Å². The van der Waals surface area contributed by atoms with Gasteiger partial charge in [0, 0.05) is 5.92 Å². The third-order valence-electron chi connectivity index (χ3n) is 5.08. The monoisotopic (exact) mass is 404 g/mol. The van der Waals surface area contributed by atoms with E-state index in [0.717, 1.165) is 5.92 Å². The molecule has 0 radical (unpaired) electrons. The fraction of sp³-hybridized carbons (Fsp3) is 0.793. The third kappa shape index (κ3) is 9.71. The van der Waals surface area contributed by atoms with Crippen molar-refractivity contribution in [3.8, 4) is 0 Å². The van der Waals surface area contributed by atoms with Crippen LogP contribution in [0.1, 0.15) is 111 Å². The van der Waals surface area contributed by atoms with Crippen LogP contribution in [-0.4, -0.2) is 0 Å². The van der Waals surface area contributed by atoms with Gasteiger partial charge < -0.3 is 0 Å². The molecule has 0 amide bonds. The largest absolute Gasteiger partial charge is 0.0683 e. The SMILES string of the molecule is CC.CC(C)C.CC(C)C1=C(C(C)C)C(C(C)C)C(C(C)C)=C(C(C)(C)C)C=C1. The van der Waals surface area contributed by atoms with E-state index >= 15 is 0 Å². The van der Waals surface area contributed by atoms with Gasteiger partial charge >= 0.3 is 0 Å². The van der Waals surface area contributed by atoms with Crippen LogP contribution in [0.25, 0.3) is 0 Å². The zero-order valence-electron chi connectivity index (χ0n) is 23.1. The van der Waals surface area contributed by atoms with Crippen molar-refractivity contribution < 1.29 is 0 Å². The van der Waals surface area contributed by atoms with Crippen LogP contribution in [-0.2, 0) is 0 Å². The summed E-state index contributed by atoms with van der Waals surface area (Å²) in [7, 11) is 0. The Kier molecular flexibility index (Phi) is 14.2. The molecule has 0 aliphatic heterocycles. The first kappa shape index (κ1) is 30.4. The molecule has 1 unspecified atom stereocenters. The van der Waals surface area contributed by atoms with Crippen molar-refractivity contribution in [2.24, 2.45) is 40.9 Å². The maximum atomic E-state index is 2.44. The summed E-state index contributed by atoms with van der Waals surface area (Å²) in [5, 5.41) is 0. The minimum atomic E-state index is 0.192. The zero-order valence-corrected chi connectivity index (χ0v) is 23.1. The summed E-state index contributed by atoms with van der Waals surface area (Å²) in [6, 6.07) is 0. The van der Waals surface area contributed by atoms with Gasteiger partial charge in [-0.15, -0.1) is 0 Å². The zero-order chi connectivity index (χ0) is 23.7. The van der Waals surface area contributed by atoms with Crippen LogP contribution >= 0.6 is 0 Å². The summed E-state index contributed by atoms with van der Waals surface area (Å²) < 4.78 is 0. The Morgan fingerprint density at radius 3 is 1.24 bits per heavy atom. The van der Waals surface area contributed by atoms with Gasteiger partial charge in [0.1, 0.15) is 0 Å². The number of hydrogen-bond acceptors (Lipinski definition) is 0. The Morgan fingerprint density at radius 1 is 0.621 bits per heavy atom. The molecule has 0 spiro atoms. The molecular formula is C29H56. The summed E-state index contributed by atoms with van der Waals surface area (Å²) in [5.41, 5.74) is 6.66. The van der Waals surface area contributed by atoms with E-state index in [-0.39, 0.29) is 5.41 Å². The molecule has 1 atom stereocenters. The molecule has 0 bridgehead atoms. The highest BCUT2D eigenvalue weighted by atomic mass is 14.4. The summed E-state index contributed by atoms with van der Waals surface area (Å²) >= 11 is 0. The van der Waals surface area contributed by atoms with Gasteiger partial charge in [0.25, 0.3) is 0 Å². The van der Waals surface area contributed by atoms with Gasteiger partial charge in [-0.05, 0) is 46.2 Å². The minimum absolute atomic E-state index is 0.192. The van der Waals surface area contributed by atoms with Gasteiger partial charge in [0.05, 0.1) is 0 Å². The summed E-state index contributed by atoms with van der Waals surface area (Å²) in [4.78, 5) is 0. The lowest BCUT2D eigenvalue weighted by molar-refractivity contribution is 0.407. The second-order valence-corrected chi connectivity index (χ2v) is 11.3. The van der Waals surface area contributed by atoms with Crippen molar-refractivity contribution in [2.75, 3.05) is 0 Å². The highest BCUT2D eigenvalue weighted by Crippen LogP contribution is 2.46.